The minimum atomic E-state index is -0.931. The van der Waals surface area contributed by atoms with Crippen LogP contribution in [0.25, 0.3) is 0 Å². The molecule has 0 saturated carbocycles. The van der Waals surface area contributed by atoms with Gasteiger partial charge in [-0.3, -0.25) is 4.79 Å². The van der Waals surface area contributed by atoms with E-state index in [2.05, 4.69) is 0 Å². The van der Waals surface area contributed by atoms with Gasteiger partial charge in [-0.15, -0.1) is 0 Å². The highest BCUT2D eigenvalue weighted by atomic mass is 35.5. The normalized spacial score (nSPS) is 16.8. The van der Waals surface area contributed by atoms with E-state index < -0.39 is 12.1 Å². The minimum Gasteiger partial charge on any atom is -0.496 e. The van der Waals surface area contributed by atoms with Gasteiger partial charge in [0.05, 0.1) is 7.11 Å². The number of hydrogen-bond acceptors (Lipinski definition) is 4. The van der Waals surface area contributed by atoms with Gasteiger partial charge in [-0.25, -0.2) is 4.79 Å². The Hall–Kier alpha value is -2.53. The average molecular weight is 374 g/mol. The highest BCUT2D eigenvalue weighted by Crippen LogP contribution is 2.32. The molecule has 0 saturated heterocycles. The fourth-order valence-electron chi connectivity index (χ4n) is 3.21. The zero-order chi connectivity index (χ0) is 18.8. The van der Waals surface area contributed by atoms with Crippen LogP contribution in [0.2, 0.25) is 5.02 Å². The standard InChI is InChI=1S/C20H20ClNO4/c1-12-10-14-6-4-5-7-17(14)22(12)19(23)13(2)26-20(24)16-11-15(21)8-9-18(16)25-3/h4-9,11-13H,10H2,1-3H3/t12-,13+/m0/s1. The number of amides is 1. The molecule has 0 unspecified atom stereocenters. The lowest BCUT2D eigenvalue weighted by Gasteiger charge is -2.26. The minimum absolute atomic E-state index is 0.0155. The van der Waals surface area contributed by atoms with Crippen molar-refractivity contribution in [1.29, 1.82) is 0 Å². The van der Waals surface area contributed by atoms with E-state index >= 15 is 0 Å². The van der Waals surface area contributed by atoms with Gasteiger partial charge in [0, 0.05) is 16.8 Å². The molecule has 0 aliphatic carbocycles. The number of ether oxygens (including phenoxy) is 2. The largest absolute Gasteiger partial charge is 0.496 e. The molecule has 6 heteroatoms. The van der Waals surface area contributed by atoms with Crippen molar-refractivity contribution in [2.75, 3.05) is 12.0 Å². The summed E-state index contributed by atoms with van der Waals surface area (Å²) in [4.78, 5) is 27.1. The summed E-state index contributed by atoms with van der Waals surface area (Å²) in [5, 5.41) is 0.388. The van der Waals surface area contributed by atoms with Crippen LogP contribution in [-0.2, 0) is 16.0 Å². The number of fused-ring (bicyclic) bond motifs is 1. The molecule has 0 spiro atoms. The first-order valence-electron chi connectivity index (χ1n) is 8.38. The van der Waals surface area contributed by atoms with E-state index in [9.17, 15) is 9.59 Å². The third kappa shape index (κ3) is 3.40. The van der Waals surface area contributed by atoms with Gasteiger partial charge in [-0.1, -0.05) is 29.8 Å². The van der Waals surface area contributed by atoms with Gasteiger partial charge in [0.2, 0.25) is 0 Å². The van der Waals surface area contributed by atoms with Crippen molar-refractivity contribution in [3.8, 4) is 5.75 Å². The van der Waals surface area contributed by atoms with Crippen LogP contribution in [0.15, 0.2) is 42.5 Å². The number of para-hydroxylation sites is 1. The van der Waals surface area contributed by atoms with Gasteiger partial charge in [-0.05, 0) is 50.1 Å². The first-order chi connectivity index (χ1) is 12.4. The Kier molecular flexibility index (Phi) is 5.18. The number of nitrogens with zero attached hydrogens (tertiary/aromatic N) is 1. The lowest BCUT2D eigenvalue weighted by Crippen LogP contribution is -2.43. The van der Waals surface area contributed by atoms with Crippen molar-refractivity contribution in [3.05, 3.63) is 58.6 Å². The Morgan fingerprint density at radius 1 is 1.23 bits per heavy atom. The summed E-state index contributed by atoms with van der Waals surface area (Å²) in [6.45, 7) is 3.55. The molecular weight excluding hydrogens is 354 g/mol. The van der Waals surface area contributed by atoms with E-state index in [4.69, 9.17) is 21.1 Å². The van der Waals surface area contributed by atoms with Crippen LogP contribution in [0.1, 0.15) is 29.8 Å². The third-order valence-corrected chi connectivity index (χ3v) is 4.69. The maximum Gasteiger partial charge on any atom is 0.342 e. The number of carbonyl (C=O) groups excluding carboxylic acids is 2. The Labute approximate surface area is 157 Å². The summed E-state index contributed by atoms with van der Waals surface area (Å²) >= 11 is 5.96. The van der Waals surface area contributed by atoms with Crippen LogP contribution in [0.5, 0.6) is 5.75 Å². The Morgan fingerprint density at radius 2 is 1.96 bits per heavy atom. The van der Waals surface area contributed by atoms with Gasteiger partial charge in [-0.2, -0.15) is 0 Å². The monoisotopic (exact) mass is 373 g/mol. The fourth-order valence-corrected chi connectivity index (χ4v) is 3.38. The quantitative estimate of drug-likeness (QED) is 0.763. The SMILES string of the molecule is COc1ccc(Cl)cc1C(=O)O[C@H](C)C(=O)N1c2ccccc2C[C@@H]1C. The predicted molar refractivity (Wildman–Crippen MR) is 100.0 cm³/mol. The van der Waals surface area contributed by atoms with Crippen molar-refractivity contribution in [2.24, 2.45) is 0 Å². The summed E-state index contributed by atoms with van der Waals surface area (Å²) in [6.07, 6.45) is -0.148. The summed E-state index contributed by atoms with van der Waals surface area (Å²) in [7, 11) is 1.46. The number of carbonyl (C=O) groups is 2. The molecule has 0 bridgehead atoms. The highest BCUT2D eigenvalue weighted by molar-refractivity contribution is 6.31. The molecule has 1 aliphatic rings. The molecular formula is C20H20ClNO4. The lowest BCUT2D eigenvalue weighted by atomic mass is 10.1. The second-order valence-corrected chi connectivity index (χ2v) is 6.72. The molecule has 2 atom stereocenters. The van der Waals surface area contributed by atoms with Crippen molar-refractivity contribution in [3.63, 3.8) is 0 Å². The molecule has 0 N–H and O–H groups in total. The average Bonchev–Trinajstić information content (AvgIpc) is 2.96. The van der Waals surface area contributed by atoms with Crippen LogP contribution in [0, 0.1) is 0 Å². The van der Waals surface area contributed by atoms with Crippen LogP contribution in [-0.4, -0.2) is 31.1 Å². The molecule has 1 heterocycles. The van der Waals surface area contributed by atoms with Gasteiger partial charge in [0.1, 0.15) is 11.3 Å². The number of hydrogen-bond donors (Lipinski definition) is 0. The number of halogens is 1. The fraction of sp³-hybridized carbons (Fsp3) is 0.300. The van der Waals surface area contributed by atoms with E-state index in [-0.39, 0.29) is 17.5 Å². The Balaban J connectivity index is 1.78. The number of esters is 1. The molecule has 0 fully saturated rings. The summed E-state index contributed by atoms with van der Waals surface area (Å²) < 4.78 is 10.6. The number of benzene rings is 2. The maximum absolute atomic E-state index is 12.9. The lowest BCUT2D eigenvalue weighted by molar-refractivity contribution is -0.126. The maximum atomic E-state index is 12.9. The van der Waals surface area contributed by atoms with Gasteiger partial charge < -0.3 is 14.4 Å². The van der Waals surface area contributed by atoms with E-state index in [0.717, 1.165) is 17.7 Å². The second-order valence-electron chi connectivity index (χ2n) is 6.28. The van der Waals surface area contributed by atoms with Crippen LogP contribution in [0.3, 0.4) is 0 Å². The molecule has 1 aliphatic heterocycles. The van der Waals surface area contributed by atoms with E-state index in [1.54, 1.807) is 24.0 Å². The number of rotatable bonds is 4. The third-order valence-electron chi connectivity index (χ3n) is 4.46. The zero-order valence-corrected chi connectivity index (χ0v) is 15.6. The molecule has 3 rings (SSSR count). The first-order valence-corrected chi connectivity index (χ1v) is 8.75. The molecule has 5 nitrogen and oxygen atoms in total. The highest BCUT2D eigenvalue weighted by Gasteiger charge is 2.34. The van der Waals surface area contributed by atoms with Gasteiger partial charge >= 0.3 is 5.97 Å². The summed E-state index contributed by atoms with van der Waals surface area (Å²) in [5.74, 6) is -0.555. The van der Waals surface area contributed by atoms with Gasteiger partial charge in [0.15, 0.2) is 6.10 Å². The second kappa shape index (κ2) is 7.38. The van der Waals surface area contributed by atoms with Gasteiger partial charge in [0.25, 0.3) is 5.91 Å². The summed E-state index contributed by atoms with van der Waals surface area (Å²) in [5.41, 5.74) is 2.17. The molecule has 2 aromatic rings. The topological polar surface area (TPSA) is 55.8 Å². The Bertz CT molecular complexity index is 851. The molecule has 1 amide bonds. The van der Waals surface area contributed by atoms with Crippen molar-refractivity contribution >= 4 is 29.2 Å². The van der Waals surface area contributed by atoms with Crippen LogP contribution < -0.4 is 9.64 Å². The van der Waals surface area contributed by atoms with Crippen LogP contribution in [0.4, 0.5) is 5.69 Å². The molecule has 2 aromatic carbocycles. The summed E-state index contributed by atoms with van der Waals surface area (Å²) in [6, 6.07) is 12.4. The first kappa shape index (κ1) is 18.3. The van der Waals surface area contributed by atoms with E-state index in [1.807, 2.05) is 31.2 Å². The smallest absolute Gasteiger partial charge is 0.342 e. The molecule has 0 radical (unpaired) electrons. The number of methoxy groups -OCH3 is 1. The van der Waals surface area contributed by atoms with E-state index in [1.165, 1.54) is 13.2 Å². The molecule has 136 valence electrons. The van der Waals surface area contributed by atoms with Crippen molar-refractivity contribution in [1.82, 2.24) is 0 Å². The molecule has 26 heavy (non-hydrogen) atoms. The Morgan fingerprint density at radius 3 is 2.69 bits per heavy atom. The van der Waals surface area contributed by atoms with Crippen LogP contribution >= 0.6 is 11.6 Å². The van der Waals surface area contributed by atoms with E-state index in [0.29, 0.717) is 10.8 Å². The molecule has 0 aromatic heterocycles. The van der Waals surface area contributed by atoms with Crippen molar-refractivity contribution < 1.29 is 19.1 Å². The number of anilines is 1. The van der Waals surface area contributed by atoms with Crippen molar-refractivity contribution in [2.45, 2.75) is 32.4 Å². The zero-order valence-electron chi connectivity index (χ0n) is 14.9. The predicted octanol–water partition coefficient (Wildman–Crippen LogP) is 3.87.